The van der Waals surface area contributed by atoms with E-state index in [0.29, 0.717) is 21.0 Å². The van der Waals surface area contributed by atoms with Gasteiger partial charge >= 0.3 is 5.97 Å². The monoisotopic (exact) mass is 394 g/mol. The van der Waals surface area contributed by atoms with Crippen molar-refractivity contribution >= 4 is 40.9 Å². The van der Waals surface area contributed by atoms with E-state index >= 15 is 0 Å². The van der Waals surface area contributed by atoms with E-state index in [0.717, 1.165) is 11.3 Å². The Morgan fingerprint density at radius 1 is 1.24 bits per heavy atom. The van der Waals surface area contributed by atoms with E-state index in [1.165, 1.54) is 18.9 Å². The van der Waals surface area contributed by atoms with Gasteiger partial charge in [0.15, 0.2) is 11.0 Å². The number of carbonyl (C=O) groups excluding carboxylic acids is 1. The molecule has 0 aliphatic rings. The number of aromatic nitrogens is 4. The van der Waals surface area contributed by atoms with E-state index in [1.54, 1.807) is 35.2 Å². The van der Waals surface area contributed by atoms with Gasteiger partial charge in [0.2, 0.25) is 0 Å². The number of carbonyl (C=O) groups is 1. The molecular formula is C16H12Cl2N4O2S. The van der Waals surface area contributed by atoms with Gasteiger partial charge < -0.3 is 4.74 Å². The van der Waals surface area contributed by atoms with Crippen LogP contribution in [0.5, 0.6) is 0 Å². The first-order chi connectivity index (χ1) is 12.1. The number of nitrogens with zero attached hydrogens (tertiary/aromatic N) is 4. The predicted octanol–water partition coefficient (Wildman–Crippen LogP) is 3.90. The largest absolute Gasteiger partial charge is 0.468 e. The van der Waals surface area contributed by atoms with Crippen LogP contribution in [0.4, 0.5) is 0 Å². The molecule has 0 unspecified atom stereocenters. The highest BCUT2D eigenvalue weighted by atomic mass is 35.5. The summed E-state index contributed by atoms with van der Waals surface area (Å²) < 4.78 is 6.48. The molecule has 2 heterocycles. The second-order valence-electron chi connectivity index (χ2n) is 4.85. The lowest BCUT2D eigenvalue weighted by Gasteiger charge is -2.11. The molecule has 0 atom stereocenters. The van der Waals surface area contributed by atoms with Crippen molar-refractivity contribution < 1.29 is 9.53 Å². The number of hydrogen-bond acceptors (Lipinski definition) is 6. The summed E-state index contributed by atoms with van der Waals surface area (Å²) in [4.78, 5) is 15.6. The molecule has 3 rings (SSSR count). The normalized spacial score (nSPS) is 10.7. The zero-order chi connectivity index (χ0) is 17.8. The number of halogens is 2. The Balaban J connectivity index is 2.09. The van der Waals surface area contributed by atoms with E-state index in [2.05, 4.69) is 19.9 Å². The third kappa shape index (κ3) is 3.95. The summed E-state index contributed by atoms with van der Waals surface area (Å²) in [7, 11) is 1.34. The standard InChI is InChI=1S/C16H12Cl2N4O2S/c1-24-14(23)9-25-16-21-20-15(10-3-2-6-19-8-10)22(16)11-4-5-12(17)13(18)7-11/h2-8H,9H2,1H3. The van der Waals surface area contributed by atoms with Crippen molar-refractivity contribution in [3.63, 3.8) is 0 Å². The van der Waals surface area contributed by atoms with Crippen molar-refractivity contribution in [3.8, 4) is 17.1 Å². The SMILES string of the molecule is COC(=O)CSc1nnc(-c2cccnc2)n1-c1ccc(Cl)c(Cl)c1. The summed E-state index contributed by atoms with van der Waals surface area (Å²) >= 11 is 13.4. The molecule has 25 heavy (non-hydrogen) atoms. The Morgan fingerprint density at radius 2 is 2.08 bits per heavy atom. The molecule has 128 valence electrons. The van der Waals surface area contributed by atoms with Crippen molar-refractivity contribution in [2.24, 2.45) is 0 Å². The average molecular weight is 395 g/mol. The number of hydrogen-bond donors (Lipinski definition) is 0. The average Bonchev–Trinajstić information content (AvgIpc) is 3.06. The summed E-state index contributed by atoms with van der Waals surface area (Å²) in [6, 6.07) is 8.90. The van der Waals surface area contributed by atoms with Crippen molar-refractivity contribution in [2.45, 2.75) is 5.16 Å². The molecule has 3 aromatic rings. The topological polar surface area (TPSA) is 69.9 Å². The van der Waals surface area contributed by atoms with Crippen LogP contribution in [0.15, 0.2) is 47.9 Å². The van der Waals surface area contributed by atoms with Gasteiger partial charge in [-0.25, -0.2) is 0 Å². The van der Waals surface area contributed by atoms with Crippen LogP contribution in [0.2, 0.25) is 10.0 Å². The highest BCUT2D eigenvalue weighted by Crippen LogP contribution is 2.31. The number of pyridine rings is 1. The minimum absolute atomic E-state index is 0.114. The highest BCUT2D eigenvalue weighted by molar-refractivity contribution is 7.99. The van der Waals surface area contributed by atoms with Crippen LogP contribution in [-0.2, 0) is 9.53 Å². The van der Waals surface area contributed by atoms with Gasteiger partial charge in [0.25, 0.3) is 0 Å². The maximum absolute atomic E-state index is 11.5. The van der Waals surface area contributed by atoms with Crippen LogP contribution in [0.1, 0.15) is 0 Å². The molecule has 1 aromatic carbocycles. The second-order valence-corrected chi connectivity index (χ2v) is 6.60. The van der Waals surface area contributed by atoms with Crippen molar-refractivity contribution in [1.29, 1.82) is 0 Å². The van der Waals surface area contributed by atoms with Crippen LogP contribution in [-0.4, -0.2) is 38.6 Å². The first-order valence-electron chi connectivity index (χ1n) is 7.11. The van der Waals surface area contributed by atoms with E-state index in [-0.39, 0.29) is 11.7 Å². The maximum atomic E-state index is 11.5. The van der Waals surface area contributed by atoms with E-state index in [1.807, 2.05) is 12.1 Å². The van der Waals surface area contributed by atoms with Crippen molar-refractivity contribution in [1.82, 2.24) is 19.7 Å². The number of esters is 1. The van der Waals surface area contributed by atoms with E-state index in [4.69, 9.17) is 23.2 Å². The Bertz CT molecular complexity index is 902. The first kappa shape index (κ1) is 17.7. The molecule has 2 aromatic heterocycles. The molecule has 0 radical (unpaired) electrons. The molecule has 0 saturated heterocycles. The van der Waals surface area contributed by atoms with Gasteiger partial charge in [-0.15, -0.1) is 10.2 Å². The molecule has 9 heteroatoms. The quantitative estimate of drug-likeness (QED) is 0.482. The smallest absolute Gasteiger partial charge is 0.316 e. The Kier molecular flexibility index (Phi) is 5.57. The fraction of sp³-hybridized carbons (Fsp3) is 0.125. The summed E-state index contributed by atoms with van der Waals surface area (Å²) in [5.41, 5.74) is 1.51. The fourth-order valence-corrected chi connectivity index (χ4v) is 3.16. The van der Waals surface area contributed by atoms with Gasteiger partial charge in [-0.1, -0.05) is 35.0 Å². The third-order valence-electron chi connectivity index (χ3n) is 3.26. The zero-order valence-corrected chi connectivity index (χ0v) is 15.3. The number of ether oxygens (including phenoxy) is 1. The lowest BCUT2D eigenvalue weighted by molar-refractivity contribution is -0.137. The summed E-state index contributed by atoms with van der Waals surface area (Å²) in [5.74, 6) is 0.346. The summed E-state index contributed by atoms with van der Waals surface area (Å²) in [6.07, 6.45) is 3.36. The van der Waals surface area contributed by atoms with Crippen LogP contribution >= 0.6 is 35.0 Å². The van der Waals surface area contributed by atoms with Gasteiger partial charge in [-0.05, 0) is 30.3 Å². The molecule has 0 amide bonds. The highest BCUT2D eigenvalue weighted by Gasteiger charge is 2.18. The predicted molar refractivity (Wildman–Crippen MR) is 97.4 cm³/mol. The van der Waals surface area contributed by atoms with E-state index < -0.39 is 0 Å². The second kappa shape index (κ2) is 7.86. The Hall–Kier alpha value is -2.09. The van der Waals surface area contributed by atoms with Gasteiger partial charge in [-0.2, -0.15) is 0 Å². The van der Waals surface area contributed by atoms with Crippen LogP contribution in [0.3, 0.4) is 0 Å². The number of benzene rings is 1. The minimum atomic E-state index is -0.350. The fourth-order valence-electron chi connectivity index (χ4n) is 2.08. The van der Waals surface area contributed by atoms with Crippen LogP contribution < -0.4 is 0 Å². The lowest BCUT2D eigenvalue weighted by atomic mass is 10.2. The number of thioether (sulfide) groups is 1. The molecule has 0 bridgehead atoms. The summed E-state index contributed by atoms with van der Waals surface area (Å²) in [5, 5.41) is 9.82. The van der Waals surface area contributed by atoms with Crippen LogP contribution in [0, 0.1) is 0 Å². The third-order valence-corrected chi connectivity index (χ3v) is 4.90. The Morgan fingerprint density at radius 3 is 2.76 bits per heavy atom. The molecule has 0 saturated carbocycles. The van der Waals surface area contributed by atoms with Gasteiger partial charge in [0, 0.05) is 18.0 Å². The molecule has 0 fully saturated rings. The van der Waals surface area contributed by atoms with E-state index in [9.17, 15) is 4.79 Å². The molecule has 6 nitrogen and oxygen atoms in total. The maximum Gasteiger partial charge on any atom is 0.316 e. The van der Waals surface area contributed by atoms with Gasteiger partial charge in [0.1, 0.15) is 0 Å². The van der Waals surface area contributed by atoms with Gasteiger partial charge in [-0.3, -0.25) is 14.3 Å². The van der Waals surface area contributed by atoms with Crippen LogP contribution in [0.25, 0.3) is 17.1 Å². The van der Waals surface area contributed by atoms with Crippen molar-refractivity contribution in [3.05, 3.63) is 52.8 Å². The lowest BCUT2D eigenvalue weighted by Crippen LogP contribution is -2.05. The number of methoxy groups -OCH3 is 1. The molecule has 0 N–H and O–H groups in total. The molecule has 0 aliphatic carbocycles. The first-order valence-corrected chi connectivity index (χ1v) is 8.85. The summed E-state index contributed by atoms with van der Waals surface area (Å²) in [6.45, 7) is 0. The van der Waals surface area contributed by atoms with Gasteiger partial charge in [0.05, 0.1) is 28.6 Å². The molecular weight excluding hydrogens is 383 g/mol. The molecule has 0 aliphatic heterocycles. The number of rotatable bonds is 5. The minimum Gasteiger partial charge on any atom is -0.468 e. The molecule has 0 spiro atoms. The Labute approximate surface area is 158 Å². The van der Waals surface area contributed by atoms with Crippen molar-refractivity contribution in [2.75, 3.05) is 12.9 Å². The zero-order valence-electron chi connectivity index (χ0n) is 13.0.